The number of rotatable bonds is 3. The summed E-state index contributed by atoms with van der Waals surface area (Å²) < 4.78 is 0. The van der Waals surface area contributed by atoms with Crippen molar-refractivity contribution in [2.24, 2.45) is 0 Å². The van der Waals surface area contributed by atoms with Crippen LogP contribution in [-0.2, 0) is 0 Å². The molecule has 4 nitrogen and oxygen atoms in total. The summed E-state index contributed by atoms with van der Waals surface area (Å²) >= 11 is 1.43. The molecule has 1 aliphatic rings. The van der Waals surface area contributed by atoms with Crippen molar-refractivity contribution >= 4 is 28.6 Å². The lowest BCUT2D eigenvalue weighted by molar-refractivity contribution is 0.102. The Balaban J connectivity index is 1.68. The summed E-state index contributed by atoms with van der Waals surface area (Å²) in [4.78, 5) is 19.9. The molecule has 0 radical (unpaired) electrons. The molecule has 1 aromatic carbocycles. The zero-order valence-electron chi connectivity index (χ0n) is 12.3. The first-order valence-electron chi connectivity index (χ1n) is 7.24. The van der Waals surface area contributed by atoms with Gasteiger partial charge >= 0.3 is 0 Å². The van der Waals surface area contributed by atoms with Gasteiger partial charge in [0.05, 0.1) is 5.69 Å². The third-order valence-electron chi connectivity index (χ3n) is 3.82. The van der Waals surface area contributed by atoms with Crippen LogP contribution in [0.25, 0.3) is 0 Å². The van der Waals surface area contributed by atoms with E-state index in [-0.39, 0.29) is 5.91 Å². The summed E-state index contributed by atoms with van der Waals surface area (Å²) in [6.45, 7) is 6.16. The number of carbonyl (C=O) groups is 1. The molecule has 0 saturated carbocycles. The molecule has 1 aliphatic heterocycles. The smallest absolute Gasteiger partial charge is 0.284 e. The molecule has 0 unspecified atom stereocenters. The zero-order valence-corrected chi connectivity index (χ0v) is 13.2. The lowest BCUT2D eigenvalue weighted by atomic mass is 10.2. The first-order chi connectivity index (χ1) is 10.1. The van der Waals surface area contributed by atoms with E-state index in [0.717, 1.165) is 29.3 Å². The van der Waals surface area contributed by atoms with Crippen molar-refractivity contribution in [1.82, 2.24) is 4.98 Å². The lowest BCUT2D eigenvalue weighted by Gasteiger charge is -2.17. The number of nitrogens with one attached hydrogen (secondary N) is 1. The van der Waals surface area contributed by atoms with Crippen LogP contribution in [0.5, 0.6) is 0 Å². The number of aromatic nitrogens is 1. The molecule has 2 heterocycles. The molecule has 0 bridgehead atoms. The van der Waals surface area contributed by atoms with Crippen LogP contribution in [0.1, 0.15) is 33.2 Å². The van der Waals surface area contributed by atoms with Crippen LogP contribution >= 0.6 is 11.3 Å². The van der Waals surface area contributed by atoms with Crippen LogP contribution in [-0.4, -0.2) is 24.0 Å². The van der Waals surface area contributed by atoms with Gasteiger partial charge in [0.1, 0.15) is 0 Å². The molecule has 3 rings (SSSR count). The Bertz CT molecular complexity index is 623. The Labute approximate surface area is 128 Å². The van der Waals surface area contributed by atoms with Crippen molar-refractivity contribution in [2.45, 2.75) is 26.7 Å². The largest absolute Gasteiger partial charge is 0.372 e. The molecular formula is C16H19N3OS. The van der Waals surface area contributed by atoms with Crippen LogP contribution in [0.4, 0.5) is 11.4 Å². The molecule has 21 heavy (non-hydrogen) atoms. The van der Waals surface area contributed by atoms with Gasteiger partial charge in [-0.25, -0.2) is 4.98 Å². The van der Waals surface area contributed by atoms with E-state index in [1.165, 1.54) is 29.9 Å². The summed E-state index contributed by atoms with van der Waals surface area (Å²) in [5, 5.41) is 3.43. The van der Waals surface area contributed by atoms with Gasteiger partial charge in [0.2, 0.25) is 0 Å². The average Bonchev–Trinajstić information content (AvgIpc) is 3.11. The molecular weight excluding hydrogens is 282 g/mol. The fourth-order valence-corrected chi connectivity index (χ4v) is 3.29. The molecule has 1 N–H and O–H groups in total. The number of aryl methyl sites for hydroxylation is 2. The molecule has 1 aromatic heterocycles. The number of thiazole rings is 1. The molecule has 2 aromatic rings. The highest BCUT2D eigenvalue weighted by atomic mass is 32.1. The lowest BCUT2D eigenvalue weighted by Crippen LogP contribution is -2.17. The van der Waals surface area contributed by atoms with Crippen molar-refractivity contribution in [3.63, 3.8) is 0 Å². The van der Waals surface area contributed by atoms with Gasteiger partial charge in [-0.05, 0) is 51.0 Å². The quantitative estimate of drug-likeness (QED) is 0.942. The van der Waals surface area contributed by atoms with E-state index in [1.807, 2.05) is 26.0 Å². The van der Waals surface area contributed by atoms with Gasteiger partial charge in [0.15, 0.2) is 5.01 Å². The fraction of sp³-hybridized carbons (Fsp3) is 0.375. The number of carbonyl (C=O) groups excluding carboxylic acids is 1. The Morgan fingerprint density at radius 1 is 1.19 bits per heavy atom. The van der Waals surface area contributed by atoms with Crippen LogP contribution < -0.4 is 10.2 Å². The van der Waals surface area contributed by atoms with E-state index >= 15 is 0 Å². The van der Waals surface area contributed by atoms with E-state index in [9.17, 15) is 4.79 Å². The predicted molar refractivity (Wildman–Crippen MR) is 87.4 cm³/mol. The standard InChI is InChI=1S/C16H19N3OS/c1-11-12(2)21-16(17-11)15(20)18-13-5-7-14(8-6-13)19-9-3-4-10-19/h5-8H,3-4,9-10H2,1-2H3,(H,18,20). The topological polar surface area (TPSA) is 45.2 Å². The summed E-state index contributed by atoms with van der Waals surface area (Å²) in [5.41, 5.74) is 2.97. The Morgan fingerprint density at radius 2 is 1.86 bits per heavy atom. The molecule has 0 atom stereocenters. The summed E-state index contributed by atoms with van der Waals surface area (Å²) in [6.07, 6.45) is 2.53. The monoisotopic (exact) mass is 301 g/mol. The number of anilines is 2. The Hall–Kier alpha value is -1.88. The maximum absolute atomic E-state index is 12.1. The van der Waals surface area contributed by atoms with Gasteiger partial charge in [-0.3, -0.25) is 4.79 Å². The highest BCUT2D eigenvalue weighted by Crippen LogP contribution is 2.23. The maximum atomic E-state index is 12.1. The molecule has 1 saturated heterocycles. The van der Waals surface area contributed by atoms with Crippen LogP contribution in [0, 0.1) is 13.8 Å². The third kappa shape index (κ3) is 3.08. The zero-order chi connectivity index (χ0) is 14.8. The van der Waals surface area contributed by atoms with Gasteiger partial charge < -0.3 is 10.2 Å². The second-order valence-corrected chi connectivity index (χ2v) is 6.56. The first-order valence-corrected chi connectivity index (χ1v) is 8.05. The van der Waals surface area contributed by atoms with E-state index in [4.69, 9.17) is 0 Å². The number of hydrogen-bond acceptors (Lipinski definition) is 4. The van der Waals surface area contributed by atoms with Crippen molar-refractivity contribution < 1.29 is 4.79 Å². The minimum absolute atomic E-state index is 0.134. The Morgan fingerprint density at radius 3 is 2.43 bits per heavy atom. The van der Waals surface area contributed by atoms with E-state index < -0.39 is 0 Å². The average molecular weight is 301 g/mol. The fourth-order valence-electron chi connectivity index (χ4n) is 2.49. The molecule has 1 amide bonds. The summed E-state index contributed by atoms with van der Waals surface area (Å²) in [6, 6.07) is 8.05. The van der Waals surface area contributed by atoms with Crippen LogP contribution in [0.15, 0.2) is 24.3 Å². The van der Waals surface area contributed by atoms with E-state index in [0.29, 0.717) is 5.01 Å². The van der Waals surface area contributed by atoms with Gasteiger partial charge in [0.25, 0.3) is 5.91 Å². The summed E-state index contributed by atoms with van der Waals surface area (Å²) in [5.74, 6) is -0.134. The predicted octanol–water partition coefficient (Wildman–Crippen LogP) is 3.61. The second-order valence-electron chi connectivity index (χ2n) is 5.36. The van der Waals surface area contributed by atoms with Gasteiger partial charge in [-0.2, -0.15) is 0 Å². The highest BCUT2D eigenvalue weighted by Gasteiger charge is 2.14. The number of hydrogen-bond donors (Lipinski definition) is 1. The molecule has 5 heteroatoms. The van der Waals surface area contributed by atoms with E-state index in [2.05, 4.69) is 27.3 Å². The molecule has 0 spiro atoms. The van der Waals surface area contributed by atoms with Gasteiger partial charge in [0, 0.05) is 29.3 Å². The van der Waals surface area contributed by atoms with Crippen molar-refractivity contribution in [2.75, 3.05) is 23.3 Å². The number of amides is 1. The summed E-state index contributed by atoms with van der Waals surface area (Å²) in [7, 11) is 0. The van der Waals surface area contributed by atoms with Crippen molar-refractivity contribution in [3.8, 4) is 0 Å². The first kappa shape index (κ1) is 14.1. The van der Waals surface area contributed by atoms with Gasteiger partial charge in [-0.1, -0.05) is 0 Å². The normalized spacial score (nSPS) is 14.5. The number of benzene rings is 1. The second kappa shape index (κ2) is 5.85. The Kier molecular flexibility index (Phi) is 3.92. The van der Waals surface area contributed by atoms with Crippen molar-refractivity contribution in [3.05, 3.63) is 39.8 Å². The van der Waals surface area contributed by atoms with Crippen molar-refractivity contribution in [1.29, 1.82) is 0 Å². The molecule has 1 fully saturated rings. The molecule has 110 valence electrons. The minimum Gasteiger partial charge on any atom is -0.372 e. The maximum Gasteiger partial charge on any atom is 0.284 e. The van der Waals surface area contributed by atoms with E-state index in [1.54, 1.807) is 0 Å². The van der Waals surface area contributed by atoms with Crippen LogP contribution in [0.3, 0.4) is 0 Å². The van der Waals surface area contributed by atoms with Crippen LogP contribution in [0.2, 0.25) is 0 Å². The molecule has 0 aliphatic carbocycles. The SMILES string of the molecule is Cc1nc(C(=O)Nc2ccc(N3CCCC3)cc2)sc1C. The minimum atomic E-state index is -0.134. The van der Waals surface area contributed by atoms with Gasteiger partial charge in [-0.15, -0.1) is 11.3 Å². The highest BCUT2D eigenvalue weighted by molar-refractivity contribution is 7.13. The third-order valence-corrected chi connectivity index (χ3v) is 4.89. The number of nitrogens with zero attached hydrogens (tertiary/aromatic N) is 2.